The third-order valence-corrected chi connectivity index (χ3v) is 3.67. The summed E-state index contributed by atoms with van der Waals surface area (Å²) in [5, 5.41) is 3.25. The van der Waals surface area contributed by atoms with Gasteiger partial charge < -0.3 is 5.32 Å². The summed E-state index contributed by atoms with van der Waals surface area (Å²) in [6, 6.07) is 3.89. The predicted molar refractivity (Wildman–Crippen MR) is 88.1 cm³/mol. The lowest BCUT2D eigenvalue weighted by molar-refractivity contribution is 0.694. The highest BCUT2D eigenvalue weighted by molar-refractivity contribution is 14.1. The van der Waals surface area contributed by atoms with Crippen molar-refractivity contribution in [1.29, 1.82) is 0 Å². The summed E-state index contributed by atoms with van der Waals surface area (Å²) in [7, 11) is 0. The molecule has 6 heteroatoms. The maximum atomic E-state index is 12.1. The molecule has 2 rings (SSSR count). The maximum absolute atomic E-state index is 12.1. The van der Waals surface area contributed by atoms with Crippen LogP contribution in [-0.2, 0) is 6.54 Å². The van der Waals surface area contributed by atoms with Crippen molar-refractivity contribution < 1.29 is 0 Å². The van der Waals surface area contributed by atoms with Gasteiger partial charge in [-0.25, -0.2) is 9.97 Å². The van der Waals surface area contributed by atoms with Gasteiger partial charge in [-0.3, -0.25) is 9.36 Å². The second-order valence-corrected chi connectivity index (χ2v) is 5.68. The molecule has 0 aliphatic carbocycles. The van der Waals surface area contributed by atoms with Crippen LogP contribution in [0.25, 0.3) is 0 Å². The number of pyridine rings is 1. The molecule has 0 aliphatic heterocycles. The maximum Gasteiger partial charge on any atom is 0.267 e. The summed E-state index contributed by atoms with van der Waals surface area (Å²) in [6.45, 7) is 5.35. The Morgan fingerprint density at radius 3 is 2.95 bits per heavy atom. The number of hydrogen-bond donors (Lipinski definition) is 1. The van der Waals surface area contributed by atoms with E-state index in [0.29, 0.717) is 10.1 Å². The molecule has 0 fully saturated rings. The van der Waals surface area contributed by atoms with E-state index < -0.39 is 0 Å². The molecule has 2 aromatic heterocycles. The molecule has 20 heavy (non-hydrogen) atoms. The first-order valence-electron chi connectivity index (χ1n) is 6.52. The number of aryl methyl sites for hydroxylation is 1. The molecule has 0 aliphatic rings. The van der Waals surface area contributed by atoms with Crippen LogP contribution in [0, 0.1) is 10.5 Å². The number of hydrogen-bond acceptors (Lipinski definition) is 4. The molecule has 2 heterocycles. The summed E-state index contributed by atoms with van der Waals surface area (Å²) in [5.41, 5.74) is 1.03. The molecule has 1 N–H and O–H groups in total. The Hall–Kier alpha value is -1.44. The van der Waals surface area contributed by atoms with Crippen LogP contribution in [0.5, 0.6) is 0 Å². The molecule has 0 radical (unpaired) electrons. The van der Waals surface area contributed by atoms with E-state index in [1.807, 2.05) is 41.6 Å². The molecule has 0 unspecified atom stereocenters. The van der Waals surface area contributed by atoms with Crippen molar-refractivity contribution in [1.82, 2.24) is 14.5 Å². The van der Waals surface area contributed by atoms with E-state index in [-0.39, 0.29) is 5.56 Å². The smallest absolute Gasteiger partial charge is 0.267 e. The molecule has 5 nitrogen and oxygen atoms in total. The van der Waals surface area contributed by atoms with Crippen LogP contribution in [-0.4, -0.2) is 21.1 Å². The zero-order chi connectivity index (χ0) is 14.5. The number of rotatable bonds is 5. The van der Waals surface area contributed by atoms with Gasteiger partial charge in [0.1, 0.15) is 11.6 Å². The zero-order valence-electron chi connectivity index (χ0n) is 11.6. The lowest BCUT2D eigenvalue weighted by atomic mass is 10.2. The van der Waals surface area contributed by atoms with Gasteiger partial charge in [0, 0.05) is 18.9 Å². The SMILES string of the molecule is CCCNc1cc(Cn2c(C)ncc(I)c2=O)ccn1. The van der Waals surface area contributed by atoms with Crippen molar-refractivity contribution >= 4 is 28.4 Å². The minimum absolute atomic E-state index is 0.00187. The number of nitrogens with one attached hydrogen (secondary N) is 1. The minimum Gasteiger partial charge on any atom is -0.370 e. The molecule has 0 saturated heterocycles. The first-order valence-corrected chi connectivity index (χ1v) is 7.60. The van der Waals surface area contributed by atoms with E-state index in [1.54, 1.807) is 17.0 Å². The Morgan fingerprint density at radius 1 is 1.40 bits per heavy atom. The Labute approximate surface area is 131 Å². The Kier molecular flexibility index (Phi) is 5.11. The van der Waals surface area contributed by atoms with Gasteiger partial charge >= 0.3 is 0 Å². The number of halogens is 1. The van der Waals surface area contributed by atoms with Gasteiger partial charge in [-0.1, -0.05) is 6.92 Å². The molecule has 0 bridgehead atoms. The first kappa shape index (κ1) is 15.0. The standard InChI is InChI=1S/C14H17IN4O/c1-3-5-16-13-7-11(4-6-17-13)9-19-10(2)18-8-12(15)14(19)20/h4,6-8H,3,5,9H2,1-2H3,(H,16,17). The lowest BCUT2D eigenvalue weighted by Gasteiger charge is -2.11. The molecule has 0 saturated carbocycles. The fourth-order valence-corrected chi connectivity index (χ4v) is 2.27. The number of anilines is 1. The van der Waals surface area contributed by atoms with Crippen LogP contribution in [0.4, 0.5) is 5.82 Å². The van der Waals surface area contributed by atoms with E-state index >= 15 is 0 Å². The van der Waals surface area contributed by atoms with Gasteiger partial charge in [-0.15, -0.1) is 0 Å². The minimum atomic E-state index is -0.00187. The van der Waals surface area contributed by atoms with Crippen LogP contribution in [0.1, 0.15) is 24.7 Å². The quantitative estimate of drug-likeness (QED) is 0.805. The van der Waals surface area contributed by atoms with E-state index in [4.69, 9.17) is 0 Å². The lowest BCUT2D eigenvalue weighted by Crippen LogP contribution is -2.26. The van der Waals surface area contributed by atoms with Crippen LogP contribution >= 0.6 is 22.6 Å². The molecule has 2 aromatic rings. The van der Waals surface area contributed by atoms with Crippen molar-refractivity contribution in [3.8, 4) is 0 Å². The molecule has 0 aromatic carbocycles. The van der Waals surface area contributed by atoms with Crippen molar-refractivity contribution in [3.63, 3.8) is 0 Å². The van der Waals surface area contributed by atoms with E-state index in [0.717, 1.165) is 30.2 Å². The van der Waals surface area contributed by atoms with Crippen molar-refractivity contribution in [2.75, 3.05) is 11.9 Å². The topological polar surface area (TPSA) is 59.8 Å². The molecule has 0 spiro atoms. The average molecular weight is 384 g/mol. The Balaban J connectivity index is 2.26. The predicted octanol–water partition coefficient (Wildman–Crippen LogP) is 2.42. The summed E-state index contributed by atoms with van der Waals surface area (Å²) in [5.74, 6) is 1.56. The average Bonchev–Trinajstić information content (AvgIpc) is 2.46. The second kappa shape index (κ2) is 6.83. The Bertz CT molecular complexity index is 654. The van der Waals surface area contributed by atoms with Crippen LogP contribution in [0.15, 0.2) is 29.3 Å². The fourth-order valence-electron chi connectivity index (χ4n) is 1.84. The van der Waals surface area contributed by atoms with Crippen LogP contribution < -0.4 is 10.9 Å². The van der Waals surface area contributed by atoms with Crippen molar-refractivity contribution in [3.05, 3.63) is 49.8 Å². The van der Waals surface area contributed by atoms with Gasteiger partial charge in [0.15, 0.2) is 0 Å². The normalized spacial score (nSPS) is 10.6. The molecule has 0 atom stereocenters. The third-order valence-electron chi connectivity index (χ3n) is 2.93. The number of nitrogens with zero attached hydrogens (tertiary/aromatic N) is 3. The monoisotopic (exact) mass is 384 g/mol. The Morgan fingerprint density at radius 2 is 2.20 bits per heavy atom. The molecular formula is C14H17IN4O. The molecule has 0 amide bonds. The summed E-state index contributed by atoms with van der Waals surface area (Å²) in [4.78, 5) is 20.6. The van der Waals surface area contributed by atoms with E-state index in [9.17, 15) is 4.79 Å². The summed E-state index contributed by atoms with van der Waals surface area (Å²) in [6.07, 6.45) is 4.41. The largest absolute Gasteiger partial charge is 0.370 e. The highest BCUT2D eigenvalue weighted by Gasteiger charge is 2.06. The second-order valence-electron chi connectivity index (χ2n) is 4.52. The van der Waals surface area contributed by atoms with Crippen molar-refractivity contribution in [2.45, 2.75) is 26.8 Å². The zero-order valence-corrected chi connectivity index (χ0v) is 13.7. The summed E-state index contributed by atoms with van der Waals surface area (Å²) >= 11 is 2.01. The molecular weight excluding hydrogens is 367 g/mol. The first-order chi connectivity index (χ1) is 9.61. The highest BCUT2D eigenvalue weighted by atomic mass is 127. The van der Waals surface area contributed by atoms with Gasteiger partial charge in [-0.2, -0.15) is 0 Å². The van der Waals surface area contributed by atoms with Crippen molar-refractivity contribution in [2.24, 2.45) is 0 Å². The van der Waals surface area contributed by atoms with E-state index in [2.05, 4.69) is 22.2 Å². The summed E-state index contributed by atoms with van der Waals surface area (Å²) < 4.78 is 2.31. The van der Waals surface area contributed by atoms with E-state index in [1.165, 1.54) is 0 Å². The third kappa shape index (κ3) is 3.56. The number of aromatic nitrogens is 3. The van der Waals surface area contributed by atoms with Gasteiger partial charge in [-0.05, 0) is 53.6 Å². The van der Waals surface area contributed by atoms with Gasteiger partial charge in [0.25, 0.3) is 5.56 Å². The highest BCUT2D eigenvalue weighted by Crippen LogP contribution is 2.09. The van der Waals surface area contributed by atoms with Gasteiger partial charge in [0.2, 0.25) is 0 Å². The fraction of sp³-hybridized carbons (Fsp3) is 0.357. The van der Waals surface area contributed by atoms with Crippen LogP contribution in [0.2, 0.25) is 0 Å². The molecule has 106 valence electrons. The van der Waals surface area contributed by atoms with Gasteiger partial charge in [0.05, 0.1) is 10.1 Å². The van der Waals surface area contributed by atoms with Crippen LogP contribution in [0.3, 0.4) is 0 Å².